The van der Waals surface area contributed by atoms with Crippen LogP contribution in [0.25, 0.3) is 0 Å². The minimum atomic E-state index is -0.138. The Morgan fingerprint density at radius 2 is 2.14 bits per heavy atom. The summed E-state index contributed by atoms with van der Waals surface area (Å²) in [5.41, 5.74) is 0.978. The summed E-state index contributed by atoms with van der Waals surface area (Å²) in [6.45, 7) is 2.73. The minimum absolute atomic E-state index is 0.0266. The maximum absolute atomic E-state index is 9.66. The Morgan fingerprint density at radius 3 is 2.90 bits per heavy atom. The predicted octanol–water partition coefficient (Wildman–Crippen LogP) is 2.02. The van der Waals surface area contributed by atoms with E-state index in [-0.39, 0.29) is 18.8 Å². The van der Waals surface area contributed by atoms with Gasteiger partial charge >= 0.3 is 0 Å². The van der Waals surface area contributed by atoms with Gasteiger partial charge in [0.25, 0.3) is 0 Å². The second kappa shape index (κ2) is 6.96. The lowest BCUT2D eigenvalue weighted by Crippen LogP contribution is -2.32. The third-order valence-corrected chi connectivity index (χ3v) is 4.41. The van der Waals surface area contributed by atoms with E-state index in [2.05, 4.69) is 21.2 Å². The lowest BCUT2D eigenvalue weighted by Gasteiger charge is -2.24. The van der Waals surface area contributed by atoms with E-state index in [9.17, 15) is 5.11 Å². The zero-order valence-electron chi connectivity index (χ0n) is 11.8. The zero-order valence-corrected chi connectivity index (χ0v) is 13.4. The first-order chi connectivity index (χ1) is 10.3. The maximum atomic E-state index is 9.66. The topological polar surface area (TPSA) is 60.0 Å². The van der Waals surface area contributed by atoms with Crippen molar-refractivity contribution < 1.29 is 19.3 Å². The molecule has 2 unspecified atom stereocenters. The van der Waals surface area contributed by atoms with Crippen LogP contribution in [0.1, 0.15) is 24.4 Å². The number of fused-ring (bicyclic) bond motifs is 1. The van der Waals surface area contributed by atoms with Crippen LogP contribution >= 0.6 is 15.9 Å². The van der Waals surface area contributed by atoms with Gasteiger partial charge in [0.05, 0.1) is 23.2 Å². The molecule has 0 aliphatic carbocycles. The lowest BCUT2D eigenvalue weighted by molar-refractivity contribution is 0.104. The Balaban J connectivity index is 1.72. The molecule has 1 fully saturated rings. The molecular weight excluding hydrogens is 338 g/mol. The first-order valence-electron chi connectivity index (χ1n) is 7.33. The van der Waals surface area contributed by atoms with Gasteiger partial charge in [0.15, 0.2) is 11.5 Å². The fourth-order valence-electron chi connectivity index (χ4n) is 2.70. The van der Waals surface area contributed by atoms with Gasteiger partial charge in [0, 0.05) is 13.2 Å². The quantitative estimate of drug-likeness (QED) is 0.844. The number of hydrogen-bond acceptors (Lipinski definition) is 5. The average Bonchev–Trinajstić information content (AvgIpc) is 3.01. The molecule has 0 amide bonds. The molecule has 116 valence electrons. The van der Waals surface area contributed by atoms with Crippen molar-refractivity contribution >= 4 is 15.9 Å². The fourth-order valence-corrected chi connectivity index (χ4v) is 3.27. The number of nitrogens with one attached hydrogen (secondary N) is 1. The van der Waals surface area contributed by atoms with Crippen molar-refractivity contribution in [2.45, 2.75) is 25.0 Å². The van der Waals surface area contributed by atoms with Crippen molar-refractivity contribution in [1.29, 1.82) is 0 Å². The second-order valence-corrected chi connectivity index (χ2v) is 6.16. The van der Waals surface area contributed by atoms with Gasteiger partial charge in [-0.1, -0.05) is 0 Å². The molecule has 0 bridgehead atoms. The van der Waals surface area contributed by atoms with Gasteiger partial charge in [-0.15, -0.1) is 0 Å². The normalized spacial score (nSPS) is 22.3. The second-order valence-electron chi connectivity index (χ2n) is 5.31. The number of aliphatic hydroxyl groups excluding tert-OH is 1. The molecule has 0 radical (unpaired) electrons. The molecule has 1 saturated heterocycles. The third-order valence-electron chi connectivity index (χ3n) is 3.82. The highest BCUT2D eigenvalue weighted by Gasteiger charge is 2.21. The van der Waals surface area contributed by atoms with E-state index in [0.29, 0.717) is 13.2 Å². The van der Waals surface area contributed by atoms with Crippen molar-refractivity contribution in [1.82, 2.24) is 5.32 Å². The maximum Gasteiger partial charge on any atom is 0.175 e. The monoisotopic (exact) mass is 357 g/mol. The van der Waals surface area contributed by atoms with Crippen LogP contribution in [0.15, 0.2) is 16.6 Å². The summed E-state index contributed by atoms with van der Waals surface area (Å²) >= 11 is 3.51. The molecule has 5 nitrogen and oxygen atoms in total. The minimum Gasteiger partial charge on any atom is -0.486 e. The molecule has 6 heteroatoms. The van der Waals surface area contributed by atoms with Crippen LogP contribution in [0.2, 0.25) is 0 Å². The van der Waals surface area contributed by atoms with E-state index in [1.165, 1.54) is 0 Å². The average molecular weight is 358 g/mol. The molecule has 0 saturated carbocycles. The first-order valence-corrected chi connectivity index (χ1v) is 8.12. The molecule has 2 N–H and O–H groups in total. The summed E-state index contributed by atoms with van der Waals surface area (Å²) in [5, 5.41) is 13.0. The van der Waals surface area contributed by atoms with Gasteiger partial charge in [0.1, 0.15) is 13.2 Å². The van der Waals surface area contributed by atoms with Crippen LogP contribution < -0.4 is 14.8 Å². The van der Waals surface area contributed by atoms with Gasteiger partial charge in [0.2, 0.25) is 0 Å². The molecule has 3 rings (SSSR count). The molecule has 2 heterocycles. The van der Waals surface area contributed by atoms with Gasteiger partial charge in [-0.2, -0.15) is 0 Å². The summed E-state index contributed by atoms with van der Waals surface area (Å²) in [4.78, 5) is 0. The molecule has 0 spiro atoms. The highest BCUT2D eigenvalue weighted by molar-refractivity contribution is 9.10. The van der Waals surface area contributed by atoms with Gasteiger partial charge < -0.3 is 24.6 Å². The molecule has 2 aliphatic rings. The summed E-state index contributed by atoms with van der Waals surface area (Å²) in [6.07, 6.45) is 2.45. The number of halogens is 1. The zero-order chi connectivity index (χ0) is 14.7. The predicted molar refractivity (Wildman–Crippen MR) is 81.9 cm³/mol. The summed E-state index contributed by atoms with van der Waals surface area (Å²) in [6, 6.07) is 3.76. The SMILES string of the molecule is OCC(NCC1CCCO1)c1cc(Br)c2c(c1)OCCO2. The summed E-state index contributed by atoms with van der Waals surface area (Å²) < 4.78 is 17.7. The Kier molecular flexibility index (Phi) is 5.00. The molecule has 2 atom stereocenters. The largest absolute Gasteiger partial charge is 0.486 e. The number of ether oxygens (including phenoxy) is 3. The van der Waals surface area contributed by atoms with Crippen LogP contribution in [-0.4, -0.2) is 44.2 Å². The molecule has 2 aliphatic heterocycles. The van der Waals surface area contributed by atoms with Crippen LogP contribution in [-0.2, 0) is 4.74 Å². The van der Waals surface area contributed by atoms with E-state index in [1.807, 2.05) is 12.1 Å². The Bertz CT molecular complexity index is 491. The number of rotatable bonds is 5. The van der Waals surface area contributed by atoms with Crippen molar-refractivity contribution in [2.75, 3.05) is 33.0 Å². The number of aliphatic hydroxyl groups is 1. The lowest BCUT2D eigenvalue weighted by atomic mass is 10.1. The van der Waals surface area contributed by atoms with Crippen LogP contribution in [0.5, 0.6) is 11.5 Å². The smallest absolute Gasteiger partial charge is 0.175 e. The Labute approximate surface area is 132 Å². The molecular formula is C15H20BrNO4. The third kappa shape index (κ3) is 3.51. The standard InChI is InChI=1S/C15H20BrNO4/c16-12-6-10(7-14-15(12)21-5-4-20-14)13(9-18)17-8-11-2-1-3-19-11/h6-7,11,13,17-18H,1-5,8-9H2. The van der Waals surface area contributed by atoms with Gasteiger partial charge in [-0.25, -0.2) is 0 Å². The van der Waals surface area contributed by atoms with E-state index in [0.717, 1.165) is 47.5 Å². The number of benzene rings is 1. The van der Waals surface area contributed by atoms with Crippen molar-refractivity contribution in [3.8, 4) is 11.5 Å². The fraction of sp³-hybridized carbons (Fsp3) is 0.600. The van der Waals surface area contributed by atoms with Crippen molar-refractivity contribution in [3.05, 3.63) is 22.2 Å². The Hall–Kier alpha value is -0.820. The van der Waals surface area contributed by atoms with Crippen LogP contribution in [0.4, 0.5) is 0 Å². The van der Waals surface area contributed by atoms with Crippen molar-refractivity contribution in [2.24, 2.45) is 0 Å². The molecule has 0 aromatic heterocycles. The van der Waals surface area contributed by atoms with E-state index in [4.69, 9.17) is 14.2 Å². The van der Waals surface area contributed by atoms with E-state index < -0.39 is 0 Å². The molecule has 21 heavy (non-hydrogen) atoms. The number of hydrogen-bond donors (Lipinski definition) is 2. The highest BCUT2D eigenvalue weighted by atomic mass is 79.9. The highest BCUT2D eigenvalue weighted by Crippen LogP contribution is 2.39. The van der Waals surface area contributed by atoms with Gasteiger partial charge in [-0.3, -0.25) is 0 Å². The summed E-state index contributed by atoms with van der Waals surface area (Å²) in [7, 11) is 0. The Morgan fingerprint density at radius 1 is 1.29 bits per heavy atom. The van der Waals surface area contributed by atoms with E-state index in [1.54, 1.807) is 0 Å². The molecule has 1 aromatic carbocycles. The first kappa shape index (κ1) is 15.1. The van der Waals surface area contributed by atoms with Crippen molar-refractivity contribution in [3.63, 3.8) is 0 Å². The summed E-state index contributed by atoms with van der Waals surface area (Å²) in [5.74, 6) is 1.46. The van der Waals surface area contributed by atoms with E-state index >= 15 is 0 Å². The van der Waals surface area contributed by atoms with Crippen LogP contribution in [0.3, 0.4) is 0 Å². The van der Waals surface area contributed by atoms with Crippen LogP contribution in [0, 0.1) is 0 Å². The molecule has 1 aromatic rings. The van der Waals surface area contributed by atoms with Gasteiger partial charge in [-0.05, 0) is 46.5 Å².